The van der Waals surface area contributed by atoms with Crippen molar-refractivity contribution >= 4 is 43.7 Å². The van der Waals surface area contributed by atoms with Gasteiger partial charge >= 0.3 is 5.97 Å². The highest BCUT2D eigenvalue weighted by Gasteiger charge is 2.14. The number of halogens is 1. The monoisotopic (exact) mass is 407 g/mol. The van der Waals surface area contributed by atoms with Crippen molar-refractivity contribution in [1.29, 1.82) is 0 Å². The van der Waals surface area contributed by atoms with E-state index in [2.05, 4.69) is 15.9 Å². The van der Waals surface area contributed by atoms with Gasteiger partial charge in [0, 0.05) is 15.2 Å². The molecule has 1 heterocycles. The van der Waals surface area contributed by atoms with E-state index in [9.17, 15) is 9.59 Å². The van der Waals surface area contributed by atoms with E-state index in [1.165, 1.54) is 0 Å². The molecule has 0 aliphatic carbocycles. The average molecular weight is 408 g/mol. The maximum atomic E-state index is 12.7. The summed E-state index contributed by atoms with van der Waals surface area (Å²) < 4.78 is 8.18. The lowest BCUT2D eigenvalue weighted by Gasteiger charge is -2.14. The van der Waals surface area contributed by atoms with Gasteiger partial charge in [0.15, 0.2) is 5.43 Å². The van der Waals surface area contributed by atoms with Crippen LogP contribution in [-0.2, 0) is 11.3 Å². The number of fused-ring (bicyclic) bond motifs is 2. The molecule has 0 unspecified atom stereocenters. The number of rotatable bonds is 3. The molecule has 4 nitrogen and oxygen atoms in total. The lowest BCUT2D eigenvalue weighted by Crippen LogP contribution is -2.19. The Morgan fingerprint density at radius 2 is 1.38 bits per heavy atom. The minimum Gasteiger partial charge on any atom is -0.425 e. The van der Waals surface area contributed by atoms with Crippen molar-refractivity contribution in [3.63, 3.8) is 0 Å². The van der Waals surface area contributed by atoms with Crippen LogP contribution in [0.4, 0.5) is 0 Å². The van der Waals surface area contributed by atoms with Crippen molar-refractivity contribution in [1.82, 2.24) is 4.57 Å². The molecule has 0 amide bonds. The normalized spacial score (nSPS) is 11.0. The highest BCUT2D eigenvalue weighted by Crippen LogP contribution is 2.20. The van der Waals surface area contributed by atoms with Crippen LogP contribution in [0.1, 0.15) is 0 Å². The molecular formula is C21H14BrNO3. The lowest BCUT2D eigenvalue weighted by atomic mass is 10.1. The zero-order valence-electron chi connectivity index (χ0n) is 13.7. The number of carbonyl (C=O) groups is 1. The van der Waals surface area contributed by atoms with E-state index in [0.717, 1.165) is 4.47 Å². The van der Waals surface area contributed by atoms with Crippen LogP contribution in [0.2, 0.25) is 0 Å². The fraction of sp³-hybridized carbons (Fsp3) is 0.0476. The Kier molecular flexibility index (Phi) is 4.31. The van der Waals surface area contributed by atoms with E-state index in [4.69, 9.17) is 4.74 Å². The van der Waals surface area contributed by atoms with Crippen LogP contribution in [0.5, 0.6) is 5.75 Å². The van der Waals surface area contributed by atoms with E-state index in [-0.39, 0.29) is 12.0 Å². The number of pyridine rings is 1. The number of benzene rings is 3. The Hall–Kier alpha value is -2.92. The van der Waals surface area contributed by atoms with Gasteiger partial charge in [-0.2, -0.15) is 0 Å². The maximum absolute atomic E-state index is 12.7. The predicted molar refractivity (Wildman–Crippen MR) is 105 cm³/mol. The quantitative estimate of drug-likeness (QED) is 0.285. The summed E-state index contributed by atoms with van der Waals surface area (Å²) >= 11 is 3.35. The molecule has 1 aromatic heterocycles. The Bertz CT molecular complexity index is 1120. The molecular weight excluding hydrogens is 394 g/mol. The van der Waals surface area contributed by atoms with Gasteiger partial charge < -0.3 is 9.30 Å². The van der Waals surface area contributed by atoms with E-state index < -0.39 is 5.97 Å². The van der Waals surface area contributed by atoms with Crippen molar-refractivity contribution in [2.24, 2.45) is 0 Å². The third-order valence-electron chi connectivity index (χ3n) is 4.21. The minimum absolute atomic E-state index is 0.0113. The molecule has 0 atom stereocenters. The molecule has 0 aliphatic heterocycles. The van der Waals surface area contributed by atoms with Gasteiger partial charge in [0.05, 0.1) is 11.0 Å². The molecule has 0 bridgehead atoms. The Labute approximate surface area is 157 Å². The molecule has 0 N–H and O–H groups in total. The molecule has 0 fully saturated rings. The van der Waals surface area contributed by atoms with Crippen molar-refractivity contribution in [2.75, 3.05) is 0 Å². The summed E-state index contributed by atoms with van der Waals surface area (Å²) in [6, 6.07) is 21.7. The summed E-state index contributed by atoms with van der Waals surface area (Å²) in [7, 11) is 0. The first kappa shape index (κ1) is 16.5. The van der Waals surface area contributed by atoms with Crippen LogP contribution in [0.15, 0.2) is 82.1 Å². The zero-order valence-corrected chi connectivity index (χ0v) is 15.3. The lowest BCUT2D eigenvalue weighted by molar-refractivity contribution is -0.134. The number of ether oxygens (including phenoxy) is 1. The Morgan fingerprint density at radius 1 is 0.846 bits per heavy atom. The zero-order chi connectivity index (χ0) is 18.1. The highest BCUT2D eigenvalue weighted by atomic mass is 79.9. The van der Waals surface area contributed by atoms with Crippen LogP contribution in [0.3, 0.4) is 0 Å². The van der Waals surface area contributed by atoms with E-state index in [1.807, 2.05) is 53.1 Å². The smallest absolute Gasteiger partial charge is 0.331 e. The third kappa shape index (κ3) is 3.02. The van der Waals surface area contributed by atoms with Crippen molar-refractivity contribution in [3.8, 4) is 5.75 Å². The van der Waals surface area contributed by atoms with Gasteiger partial charge in [0.1, 0.15) is 12.3 Å². The first-order valence-corrected chi connectivity index (χ1v) is 8.89. The second-order valence-corrected chi connectivity index (χ2v) is 6.79. The van der Waals surface area contributed by atoms with Crippen LogP contribution >= 0.6 is 15.9 Å². The molecule has 0 saturated carbocycles. The molecule has 0 spiro atoms. The number of carbonyl (C=O) groups excluding carboxylic acids is 1. The summed E-state index contributed by atoms with van der Waals surface area (Å²) in [5.41, 5.74) is 1.39. The van der Waals surface area contributed by atoms with Crippen LogP contribution in [-0.4, -0.2) is 10.5 Å². The van der Waals surface area contributed by atoms with Crippen LogP contribution < -0.4 is 10.2 Å². The number of para-hydroxylation sites is 2. The van der Waals surface area contributed by atoms with E-state index in [0.29, 0.717) is 27.6 Å². The molecule has 4 aromatic rings. The first-order chi connectivity index (χ1) is 12.6. The summed E-state index contributed by atoms with van der Waals surface area (Å²) in [5.74, 6) is 0.0825. The minimum atomic E-state index is -0.397. The van der Waals surface area contributed by atoms with Gasteiger partial charge in [-0.15, -0.1) is 0 Å². The fourth-order valence-corrected chi connectivity index (χ4v) is 3.31. The van der Waals surface area contributed by atoms with Crippen molar-refractivity contribution in [2.45, 2.75) is 6.54 Å². The van der Waals surface area contributed by atoms with E-state index >= 15 is 0 Å². The fourth-order valence-electron chi connectivity index (χ4n) is 3.04. The number of nitrogens with zero attached hydrogens (tertiary/aromatic N) is 1. The number of hydrogen-bond acceptors (Lipinski definition) is 3. The van der Waals surface area contributed by atoms with Gasteiger partial charge in [-0.25, -0.2) is 4.79 Å². The number of hydrogen-bond donors (Lipinski definition) is 0. The SMILES string of the molecule is O=C(Cn1c2ccccc2c(=O)c2ccccc21)Oc1ccc(Br)cc1. The number of aromatic nitrogens is 1. The van der Waals surface area contributed by atoms with Gasteiger partial charge in [-0.05, 0) is 48.5 Å². The van der Waals surface area contributed by atoms with Crippen LogP contribution in [0, 0.1) is 0 Å². The third-order valence-corrected chi connectivity index (χ3v) is 4.74. The van der Waals surface area contributed by atoms with Gasteiger partial charge in [0.25, 0.3) is 0 Å². The van der Waals surface area contributed by atoms with Gasteiger partial charge in [-0.3, -0.25) is 4.79 Å². The summed E-state index contributed by atoms with van der Waals surface area (Å²) in [6.45, 7) is 0.0113. The molecule has 5 heteroatoms. The Morgan fingerprint density at radius 3 is 1.96 bits per heavy atom. The standard InChI is InChI=1S/C21H14BrNO3/c22-14-9-11-15(12-10-14)26-20(24)13-23-18-7-3-1-5-16(18)21(25)17-6-2-4-8-19(17)23/h1-12H,13H2. The molecule has 0 saturated heterocycles. The molecule has 0 aliphatic rings. The van der Waals surface area contributed by atoms with Gasteiger partial charge in [-0.1, -0.05) is 40.2 Å². The number of esters is 1. The van der Waals surface area contributed by atoms with Crippen molar-refractivity contribution in [3.05, 3.63) is 87.5 Å². The largest absolute Gasteiger partial charge is 0.425 e. The molecule has 3 aromatic carbocycles. The first-order valence-electron chi connectivity index (χ1n) is 8.10. The highest BCUT2D eigenvalue weighted by molar-refractivity contribution is 9.10. The Balaban J connectivity index is 1.79. The molecule has 26 heavy (non-hydrogen) atoms. The summed E-state index contributed by atoms with van der Waals surface area (Å²) in [4.78, 5) is 25.2. The molecule has 4 rings (SSSR count). The van der Waals surface area contributed by atoms with E-state index in [1.54, 1.807) is 24.3 Å². The maximum Gasteiger partial charge on any atom is 0.331 e. The van der Waals surface area contributed by atoms with Crippen LogP contribution in [0.25, 0.3) is 21.8 Å². The topological polar surface area (TPSA) is 48.3 Å². The second-order valence-electron chi connectivity index (χ2n) is 5.88. The summed E-state index contributed by atoms with van der Waals surface area (Å²) in [6.07, 6.45) is 0. The second kappa shape index (κ2) is 6.77. The van der Waals surface area contributed by atoms with Crippen molar-refractivity contribution < 1.29 is 9.53 Å². The molecule has 0 radical (unpaired) electrons. The average Bonchev–Trinajstić information content (AvgIpc) is 2.67. The summed E-state index contributed by atoms with van der Waals surface area (Å²) in [5, 5.41) is 1.17. The van der Waals surface area contributed by atoms with Gasteiger partial charge in [0.2, 0.25) is 0 Å². The molecule has 128 valence electrons. The predicted octanol–water partition coefficient (Wildman–Crippen LogP) is 4.52.